The van der Waals surface area contributed by atoms with Gasteiger partial charge in [0.25, 0.3) is 0 Å². The van der Waals surface area contributed by atoms with E-state index in [0.717, 1.165) is 37.7 Å². The van der Waals surface area contributed by atoms with Gasteiger partial charge in [0.15, 0.2) is 5.78 Å². The van der Waals surface area contributed by atoms with Gasteiger partial charge in [-0.15, -0.1) is 5.92 Å². The molecule has 16 unspecified atom stereocenters. The van der Waals surface area contributed by atoms with E-state index in [9.17, 15) is 25.2 Å². The Labute approximate surface area is 274 Å². The molecule has 1 spiro atoms. The summed E-state index contributed by atoms with van der Waals surface area (Å²) in [5.74, 6) is 6.08. The van der Waals surface area contributed by atoms with E-state index in [1.807, 2.05) is 19.9 Å². The Bertz CT molecular complexity index is 1300. The highest BCUT2D eigenvalue weighted by Crippen LogP contribution is 2.76. The zero-order valence-corrected chi connectivity index (χ0v) is 28.4. The predicted molar refractivity (Wildman–Crippen MR) is 171 cm³/mol. The van der Waals surface area contributed by atoms with E-state index in [2.05, 4.69) is 18.8 Å². The smallest absolute Gasteiger partial charge is 0.159 e. The zero-order chi connectivity index (χ0) is 32.8. The van der Waals surface area contributed by atoms with E-state index in [1.54, 1.807) is 14.0 Å². The molecule has 0 radical (unpaired) electrons. The molecule has 7 aliphatic rings. The second-order valence-electron chi connectivity index (χ2n) is 16.7. The van der Waals surface area contributed by atoms with Gasteiger partial charge in [0.1, 0.15) is 12.2 Å². The van der Waals surface area contributed by atoms with E-state index < -0.39 is 47.0 Å². The van der Waals surface area contributed by atoms with Gasteiger partial charge in [-0.25, -0.2) is 0 Å². The Morgan fingerprint density at radius 2 is 1.78 bits per heavy atom. The van der Waals surface area contributed by atoms with Crippen LogP contribution in [-0.4, -0.2) is 88.3 Å². The minimum atomic E-state index is -1.55. The third-order valence-electron chi connectivity index (χ3n) is 14.9. The van der Waals surface area contributed by atoms with E-state index in [4.69, 9.17) is 14.2 Å². The van der Waals surface area contributed by atoms with Crippen molar-refractivity contribution in [2.75, 3.05) is 20.3 Å². The molecule has 4 bridgehead atoms. The van der Waals surface area contributed by atoms with Crippen LogP contribution in [0, 0.1) is 64.1 Å². The van der Waals surface area contributed by atoms with Crippen molar-refractivity contribution in [1.29, 1.82) is 0 Å². The number of carbonyl (C=O) groups is 1. The molecule has 8 heteroatoms. The van der Waals surface area contributed by atoms with E-state index >= 15 is 0 Å². The largest absolute Gasteiger partial charge is 0.387 e. The number of ether oxygens (including phenoxy) is 3. The van der Waals surface area contributed by atoms with Gasteiger partial charge in [-0.3, -0.25) is 4.79 Å². The van der Waals surface area contributed by atoms with Crippen LogP contribution in [0.4, 0.5) is 0 Å². The molecule has 5 aliphatic carbocycles. The molecule has 46 heavy (non-hydrogen) atoms. The highest BCUT2D eigenvalue weighted by atomic mass is 16.5. The van der Waals surface area contributed by atoms with Crippen LogP contribution >= 0.6 is 0 Å². The average Bonchev–Trinajstić information content (AvgIpc) is 3.49. The maximum atomic E-state index is 14.2. The molecule has 8 nitrogen and oxygen atoms in total. The highest BCUT2D eigenvalue weighted by Gasteiger charge is 2.76. The molecule has 16 atom stereocenters. The van der Waals surface area contributed by atoms with Gasteiger partial charge in [0, 0.05) is 38.1 Å². The van der Waals surface area contributed by atoms with Crippen LogP contribution in [0.5, 0.6) is 0 Å². The van der Waals surface area contributed by atoms with Crippen molar-refractivity contribution in [1.82, 2.24) is 0 Å². The Balaban J connectivity index is 1.32. The van der Waals surface area contributed by atoms with Crippen molar-refractivity contribution in [2.24, 2.45) is 52.3 Å². The number of fused-ring (bicyclic) bond motifs is 7. The number of ketones is 1. The molecule has 1 saturated heterocycles. The standard InChI is InChI=1S/C38H56O8/c1-21-22(2)33-34(41)36(4,42)30-13-16-38(43)27-20-29(40)26-19-23(45-18-8-17-44-5)12-15-35(26,3)31(27)24-9-7-14-37(30,38)25(24)10-6-11-28(39)32(21)46-33/h20-26,28,30-34,39,41-43H,7-10,12-19H2,1-5H3. The van der Waals surface area contributed by atoms with Crippen molar-refractivity contribution in [3.63, 3.8) is 0 Å². The molecule has 0 amide bonds. The molecule has 0 aromatic rings. The molecule has 4 saturated carbocycles. The van der Waals surface area contributed by atoms with Crippen molar-refractivity contribution in [3.05, 3.63) is 11.6 Å². The molecule has 0 aromatic heterocycles. The zero-order valence-electron chi connectivity index (χ0n) is 28.4. The Morgan fingerprint density at radius 3 is 2.54 bits per heavy atom. The first-order chi connectivity index (χ1) is 21.8. The Morgan fingerprint density at radius 1 is 1.02 bits per heavy atom. The van der Waals surface area contributed by atoms with E-state index in [0.29, 0.717) is 45.3 Å². The number of aliphatic hydroxyl groups is 4. The third-order valence-corrected chi connectivity index (χ3v) is 14.9. The molecular weight excluding hydrogens is 584 g/mol. The summed E-state index contributed by atoms with van der Waals surface area (Å²) in [6.07, 6.45) is 5.81. The summed E-state index contributed by atoms with van der Waals surface area (Å²) in [4.78, 5) is 14.2. The summed E-state index contributed by atoms with van der Waals surface area (Å²) in [5, 5.41) is 49.0. The predicted octanol–water partition coefficient (Wildman–Crippen LogP) is 3.82. The van der Waals surface area contributed by atoms with Crippen LogP contribution in [0.15, 0.2) is 11.6 Å². The fourth-order valence-corrected chi connectivity index (χ4v) is 12.6. The second kappa shape index (κ2) is 11.6. The van der Waals surface area contributed by atoms with Gasteiger partial charge in [0.2, 0.25) is 0 Å². The normalized spacial score (nSPS) is 54.3. The number of hydrogen-bond acceptors (Lipinski definition) is 8. The van der Waals surface area contributed by atoms with Gasteiger partial charge >= 0.3 is 0 Å². The average molecular weight is 641 g/mol. The Hall–Kier alpha value is -1.31. The van der Waals surface area contributed by atoms with Gasteiger partial charge in [-0.2, -0.15) is 0 Å². The number of aliphatic hydroxyl groups excluding tert-OH is 2. The fourth-order valence-electron chi connectivity index (χ4n) is 12.6. The molecular formula is C38H56O8. The molecule has 2 heterocycles. The number of hydrogen-bond donors (Lipinski definition) is 4. The molecule has 7 rings (SSSR count). The van der Waals surface area contributed by atoms with Gasteiger partial charge < -0.3 is 34.6 Å². The van der Waals surface area contributed by atoms with Gasteiger partial charge in [0.05, 0.1) is 29.5 Å². The minimum Gasteiger partial charge on any atom is -0.387 e. The lowest BCUT2D eigenvalue weighted by molar-refractivity contribution is -0.239. The lowest BCUT2D eigenvalue weighted by Gasteiger charge is -2.68. The van der Waals surface area contributed by atoms with Crippen molar-refractivity contribution >= 4 is 5.78 Å². The summed E-state index contributed by atoms with van der Waals surface area (Å²) in [6, 6.07) is 0. The molecule has 0 aromatic carbocycles. The number of allylic oxidation sites excluding steroid dienone is 1. The molecule has 2 aliphatic heterocycles. The summed E-state index contributed by atoms with van der Waals surface area (Å²) in [6.45, 7) is 9.33. The van der Waals surface area contributed by atoms with Crippen LogP contribution < -0.4 is 0 Å². The maximum absolute atomic E-state index is 14.2. The highest BCUT2D eigenvalue weighted by molar-refractivity contribution is 5.95. The summed E-state index contributed by atoms with van der Waals surface area (Å²) in [7, 11) is 1.69. The molecule has 256 valence electrons. The first kappa shape index (κ1) is 33.2. The van der Waals surface area contributed by atoms with Crippen molar-refractivity contribution in [3.8, 4) is 11.8 Å². The van der Waals surface area contributed by atoms with Gasteiger partial charge in [-0.05, 0) is 111 Å². The second-order valence-corrected chi connectivity index (χ2v) is 16.7. The summed E-state index contributed by atoms with van der Waals surface area (Å²) in [5.41, 5.74) is -3.02. The number of rotatable bonds is 5. The molecule has 4 N–H and O–H groups in total. The van der Waals surface area contributed by atoms with Crippen molar-refractivity contribution < 1.29 is 39.4 Å². The van der Waals surface area contributed by atoms with Crippen LogP contribution in [0.2, 0.25) is 0 Å². The molecule has 5 fully saturated rings. The first-order valence-electron chi connectivity index (χ1n) is 18.1. The SMILES string of the molecule is COCCCOC1CCC2(C)C(C1)C(=O)C=C1C2C2CCCC34C2CC#CC(O)C2OC(C(C)C2C)C(O)C(C)(O)C3CCC14O. The maximum Gasteiger partial charge on any atom is 0.159 e. The van der Waals surface area contributed by atoms with E-state index in [-0.39, 0.29) is 52.8 Å². The summed E-state index contributed by atoms with van der Waals surface area (Å²) >= 11 is 0. The Kier molecular flexibility index (Phi) is 8.40. The van der Waals surface area contributed by atoms with Crippen LogP contribution in [0.1, 0.15) is 91.9 Å². The minimum absolute atomic E-state index is 0.0286. The number of methoxy groups -OCH3 is 1. The monoisotopic (exact) mass is 640 g/mol. The topological polar surface area (TPSA) is 126 Å². The van der Waals surface area contributed by atoms with E-state index in [1.165, 1.54) is 0 Å². The third kappa shape index (κ3) is 4.48. The summed E-state index contributed by atoms with van der Waals surface area (Å²) < 4.78 is 17.8. The number of carbonyl (C=O) groups excluding carboxylic acids is 1. The van der Waals surface area contributed by atoms with Crippen LogP contribution in [0.3, 0.4) is 0 Å². The van der Waals surface area contributed by atoms with Crippen molar-refractivity contribution in [2.45, 2.75) is 134 Å². The lowest BCUT2D eigenvalue weighted by Crippen LogP contribution is -2.70. The van der Waals surface area contributed by atoms with Crippen LogP contribution in [-0.2, 0) is 19.0 Å². The lowest BCUT2D eigenvalue weighted by atomic mass is 9.36. The first-order valence-corrected chi connectivity index (χ1v) is 18.1. The quantitative estimate of drug-likeness (QED) is 0.264. The van der Waals surface area contributed by atoms with Gasteiger partial charge in [-0.1, -0.05) is 33.1 Å². The van der Waals surface area contributed by atoms with Crippen LogP contribution in [0.25, 0.3) is 0 Å². The fraction of sp³-hybridized carbons (Fsp3) is 0.868.